The summed E-state index contributed by atoms with van der Waals surface area (Å²) in [5, 5.41) is 0. The minimum atomic E-state index is -3.52. The van der Waals surface area contributed by atoms with Gasteiger partial charge in [0, 0.05) is 12.6 Å². The number of hydrogen-bond donors (Lipinski definition) is 0. The van der Waals surface area contributed by atoms with E-state index in [9.17, 15) is 13.2 Å². The second-order valence-electron chi connectivity index (χ2n) is 4.92. The number of hydrogen-bond acceptors (Lipinski definition) is 6. The molecule has 122 valence electrons. The number of methoxy groups -OCH3 is 1. The molecular formula is C15H17N3O4S. The van der Waals surface area contributed by atoms with E-state index in [2.05, 4.69) is 9.97 Å². The number of sulfonamides is 1. The molecule has 0 atom stereocenters. The summed E-state index contributed by atoms with van der Waals surface area (Å²) in [4.78, 5) is 20.5. The summed E-state index contributed by atoms with van der Waals surface area (Å²) in [6.07, 6.45) is 1.06. The lowest BCUT2D eigenvalue weighted by molar-refractivity contribution is 0.0600. The average molecular weight is 335 g/mol. The van der Waals surface area contributed by atoms with Gasteiger partial charge in [0.2, 0.25) is 16.0 Å². The molecule has 23 heavy (non-hydrogen) atoms. The van der Waals surface area contributed by atoms with E-state index >= 15 is 0 Å². The van der Waals surface area contributed by atoms with Crippen LogP contribution in [-0.4, -0.2) is 44.8 Å². The van der Waals surface area contributed by atoms with E-state index in [4.69, 9.17) is 4.74 Å². The zero-order chi connectivity index (χ0) is 17.2. The monoisotopic (exact) mass is 335 g/mol. The number of anilines is 1. The molecule has 1 heterocycles. The topological polar surface area (TPSA) is 89.5 Å². The van der Waals surface area contributed by atoms with Crippen LogP contribution < -0.4 is 4.31 Å². The Kier molecular flexibility index (Phi) is 4.65. The number of ether oxygens (including phenoxy) is 1. The summed E-state index contributed by atoms with van der Waals surface area (Å²) in [7, 11) is -0.889. The van der Waals surface area contributed by atoms with Gasteiger partial charge in [-0.05, 0) is 6.92 Å². The smallest absolute Gasteiger partial charge is 0.341 e. The number of benzene rings is 1. The van der Waals surface area contributed by atoms with Gasteiger partial charge >= 0.3 is 5.97 Å². The molecule has 0 N–H and O–H groups in total. The zero-order valence-corrected chi connectivity index (χ0v) is 14.1. The van der Waals surface area contributed by atoms with Crippen molar-refractivity contribution in [2.75, 3.05) is 24.7 Å². The van der Waals surface area contributed by atoms with Gasteiger partial charge in [-0.2, -0.15) is 0 Å². The Morgan fingerprint density at radius 2 is 1.78 bits per heavy atom. The van der Waals surface area contributed by atoms with Crippen LogP contribution >= 0.6 is 0 Å². The van der Waals surface area contributed by atoms with Crippen LogP contribution in [-0.2, 0) is 14.8 Å². The number of carbonyl (C=O) groups is 1. The maximum Gasteiger partial charge on any atom is 0.341 e. The van der Waals surface area contributed by atoms with Crippen molar-refractivity contribution in [3.8, 4) is 11.3 Å². The lowest BCUT2D eigenvalue weighted by Gasteiger charge is -2.18. The van der Waals surface area contributed by atoms with Gasteiger partial charge < -0.3 is 4.74 Å². The molecule has 1 aromatic heterocycles. The van der Waals surface area contributed by atoms with Gasteiger partial charge in [0.25, 0.3) is 0 Å². The van der Waals surface area contributed by atoms with Crippen LogP contribution in [0.4, 0.5) is 5.95 Å². The zero-order valence-electron chi connectivity index (χ0n) is 13.3. The van der Waals surface area contributed by atoms with Crippen molar-refractivity contribution in [1.82, 2.24) is 9.97 Å². The van der Waals surface area contributed by atoms with E-state index in [1.54, 1.807) is 31.2 Å². The Hall–Kier alpha value is -2.48. The molecular weight excluding hydrogens is 318 g/mol. The van der Waals surface area contributed by atoms with E-state index in [1.165, 1.54) is 14.2 Å². The van der Waals surface area contributed by atoms with Crippen molar-refractivity contribution in [2.45, 2.75) is 6.92 Å². The molecule has 0 amide bonds. The third-order valence-corrected chi connectivity index (χ3v) is 4.45. The predicted octanol–water partition coefficient (Wildman–Crippen LogP) is 1.63. The Labute approximate surface area is 135 Å². The van der Waals surface area contributed by atoms with E-state index in [1.807, 2.05) is 6.07 Å². The molecule has 0 bridgehead atoms. The molecule has 0 radical (unpaired) electrons. The minimum Gasteiger partial charge on any atom is -0.465 e. The Morgan fingerprint density at radius 1 is 1.17 bits per heavy atom. The van der Waals surface area contributed by atoms with Gasteiger partial charge in [0.1, 0.15) is 5.56 Å². The summed E-state index contributed by atoms with van der Waals surface area (Å²) >= 11 is 0. The van der Waals surface area contributed by atoms with Gasteiger partial charge in [0.15, 0.2) is 0 Å². The second-order valence-corrected chi connectivity index (χ2v) is 6.93. The number of aryl methyl sites for hydroxylation is 1. The van der Waals surface area contributed by atoms with Crippen LogP contribution in [0, 0.1) is 6.92 Å². The summed E-state index contributed by atoms with van der Waals surface area (Å²) in [6, 6.07) is 8.98. The quantitative estimate of drug-likeness (QED) is 0.789. The van der Waals surface area contributed by atoms with Crippen LogP contribution in [0.1, 0.15) is 16.1 Å². The summed E-state index contributed by atoms with van der Waals surface area (Å²) < 4.78 is 29.2. The van der Waals surface area contributed by atoms with Crippen molar-refractivity contribution < 1.29 is 17.9 Å². The first kappa shape index (κ1) is 16.9. The molecule has 0 saturated heterocycles. The molecule has 0 aliphatic heterocycles. The SMILES string of the molecule is COC(=O)c1c(C)nc(N(C)S(C)(=O)=O)nc1-c1ccccc1. The van der Waals surface area contributed by atoms with Crippen LogP contribution in [0.2, 0.25) is 0 Å². The van der Waals surface area contributed by atoms with E-state index in [-0.39, 0.29) is 11.5 Å². The fourth-order valence-electron chi connectivity index (χ4n) is 2.00. The van der Waals surface area contributed by atoms with E-state index < -0.39 is 16.0 Å². The van der Waals surface area contributed by atoms with Crippen LogP contribution in [0.3, 0.4) is 0 Å². The highest BCUT2D eigenvalue weighted by Gasteiger charge is 2.23. The molecule has 1 aromatic carbocycles. The minimum absolute atomic E-state index is 0.00324. The number of rotatable bonds is 4. The molecule has 2 rings (SSSR count). The maximum absolute atomic E-state index is 12.1. The maximum atomic E-state index is 12.1. The average Bonchev–Trinajstić information content (AvgIpc) is 2.52. The first-order valence-electron chi connectivity index (χ1n) is 6.72. The highest BCUT2D eigenvalue weighted by atomic mass is 32.2. The lowest BCUT2D eigenvalue weighted by atomic mass is 10.0. The number of carbonyl (C=O) groups excluding carboxylic acids is 1. The molecule has 0 aliphatic rings. The Morgan fingerprint density at radius 3 is 2.30 bits per heavy atom. The Balaban J connectivity index is 2.74. The fourth-order valence-corrected chi connectivity index (χ4v) is 2.38. The van der Waals surface area contributed by atoms with Crippen molar-refractivity contribution in [3.63, 3.8) is 0 Å². The van der Waals surface area contributed by atoms with Crippen LogP contribution in [0.25, 0.3) is 11.3 Å². The van der Waals surface area contributed by atoms with Crippen molar-refractivity contribution in [3.05, 3.63) is 41.6 Å². The van der Waals surface area contributed by atoms with Crippen LogP contribution in [0.5, 0.6) is 0 Å². The molecule has 0 unspecified atom stereocenters. The van der Waals surface area contributed by atoms with Gasteiger partial charge in [-0.1, -0.05) is 30.3 Å². The normalized spacial score (nSPS) is 11.1. The fraction of sp³-hybridized carbons (Fsp3) is 0.267. The van der Waals surface area contributed by atoms with Gasteiger partial charge in [0.05, 0.1) is 24.8 Å². The number of nitrogens with zero attached hydrogens (tertiary/aromatic N) is 3. The lowest BCUT2D eigenvalue weighted by Crippen LogP contribution is -2.27. The third kappa shape index (κ3) is 3.48. The molecule has 0 saturated carbocycles. The molecule has 8 heteroatoms. The second kappa shape index (κ2) is 6.33. The largest absolute Gasteiger partial charge is 0.465 e. The molecule has 7 nitrogen and oxygen atoms in total. The molecule has 0 fully saturated rings. The highest BCUT2D eigenvalue weighted by molar-refractivity contribution is 7.92. The standard InChI is InChI=1S/C15H17N3O4S/c1-10-12(14(19)22-3)13(11-8-6-5-7-9-11)17-15(16-10)18(2)23(4,20)21/h5-9H,1-4H3. The van der Waals surface area contributed by atoms with Crippen molar-refractivity contribution in [1.29, 1.82) is 0 Å². The molecule has 2 aromatic rings. The third-order valence-electron chi connectivity index (χ3n) is 3.29. The van der Waals surface area contributed by atoms with Crippen molar-refractivity contribution in [2.24, 2.45) is 0 Å². The Bertz CT molecular complexity index is 835. The van der Waals surface area contributed by atoms with Gasteiger partial charge in [-0.3, -0.25) is 0 Å². The number of esters is 1. The predicted molar refractivity (Wildman–Crippen MR) is 86.8 cm³/mol. The van der Waals surface area contributed by atoms with Crippen molar-refractivity contribution >= 4 is 21.9 Å². The van der Waals surface area contributed by atoms with E-state index in [0.29, 0.717) is 17.0 Å². The first-order valence-corrected chi connectivity index (χ1v) is 8.56. The summed E-state index contributed by atoms with van der Waals surface area (Å²) in [6.45, 7) is 1.61. The highest BCUT2D eigenvalue weighted by Crippen LogP contribution is 2.26. The van der Waals surface area contributed by atoms with E-state index in [0.717, 1.165) is 10.6 Å². The first-order chi connectivity index (χ1) is 10.8. The van der Waals surface area contributed by atoms with Gasteiger partial charge in [-0.15, -0.1) is 0 Å². The van der Waals surface area contributed by atoms with Gasteiger partial charge in [-0.25, -0.2) is 27.5 Å². The van der Waals surface area contributed by atoms with Crippen LogP contribution in [0.15, 0.2) is 30.3 Å². The summed E-state index contributed by atoms with van der Waals surface area (Å²) in [5.74, 6) is -0.577. The summed E-state index contributed by atoms with van der Waals surface area (Å²) in [5.41, 5.74) is 1.55. The molecule has 0 aliphatic carbocycles. The molecule has 0 spiro atoms. The number of aromatic nitrogens is 2.